The zero-order chi connectivity index (χ0) is 24.8. The Kier molecular flexibility index (Phi) is 6.00. The van der Waals surface area contributed by atoms with Gasteiger partial charge in [-0.2, -0.15) is 0 Å². The Labute approximate surface area is 229 Å². The fourth-order valence-electron chi connectivity index (χ4n) is 4.64. The van der Waals surface area contributed by atoms with Crippen LogP contribution in [0.3, 0.4) is 0 Å². The summed E-state index contributed by atoms with van der Waals surface area (Å²) in [7, 11) is 0. The number of pyridine rings is 2. The van der Waals surface area contributed by atoms with Gasteiger partial charge in [-0.25, -0.2) is 4.98 Å². The van der Waals surface area contributed by atoms with Crippen LogP contribution in [0.5, 0.6) is 0 Å². The number of fused-ring (bicyclic) bond motifs is 2. The largest absolute Gasteiger partial charge is 0.321 e. The summed E-state index contributed by atoms with van der Waals surface area (Å²) < 4.78 is 1.87. The molecular formula is C30H17Br2ClN2O. The number of nitrogens with one attached hydrogen (secondary N) is 1. The summed E-state index contributed by atoms with van der Waals surface area (Å²) >= 11 is 13.8. The highest BCUT2D eigenvalue weighted by Crippen LogP contribution is 2.40. The predicted octanol–water partition coefficient (Wildman–Crippen LogP) is 9.26. The lowest BCUT2D eigenvalue weighted by Gasteiger charge is -2.16. The van der Waals surface area contributed by atoms with E-state index in [-0.39, 0.29) is 5.56 Å². The molecule has 0 bridgehead atoms. The van der Waals surface area contributed by atoms with Gasteiger partial charge in [-0.3, -0.25) is 4.79 Å². The minimum atomic E-state index is -0.197. The monoisotopic (exact) mass is 614 g/mol. The zero-order valence-electron chi connectivity index (χ0n) is 18.7. The minimum absolute atomic E-state index is 0.197. The Morgan fingerprint density at radius 1 is 0.694 bits per heavy atom. The van der Waals surface area contributed by atoms with Gasteiger partial charge in [0.2, 0.25) is 0 Å². The van der Waals surface area contributed by atoms with Gasteiger partial charge in [0, 0.05) is 41.4 Å². The molecule has 0 atom stereocenters. The summed E-state index contributed by atoms with van der Waals surface area (Å²) in [6.07, 6.45) is 0. The van der Waals surface area contributed by atoms with Crippen molar-refractivity contribution >= 4 is 65.3 Å². The Hall–Kier alpha value is -3.25. The first kappa shape index (κ1) is 23.2. The van der Waals surface area contributed by atoms with Gasteiger partial charge in [-0.15, -0.1) is 0 Å². The standard InChI is InChI=1S/C30H17Br2ClN2O/c31-18-10-12-25-22(14-18)21(20-8-4-5-9-24(20)33)16-27(34-25)29-28(17-6-2-1-3-7-17)23-15-19(32)11-13-26(23)35-30(29)36/h1-16H,(H,35,36). The second-order valence-corrected chi connectivity index (χ2v) is 10.7. The fraction of sp³-hybridized carbons (Fsp3) is 0. The van der Waals surface area contributed by atoms with E-state index in [1.807, 2.05) is 97.1 Å². The molecule has 1 N–H and O–H groups in total. The first-order valence-corrected chi connectivity index (χ1v) is 13.2. The van der Waals surface area contributed by atoms with Crippen LogP contribution in [-0.2, 0) is 0 Å². The summed E-state index contributed by atoms with van der Waals surface area (Å²) in [5.41, 5.74) is 6.02. The topological polar surface area (TPSA) is 45.8 Å². The van der Waals surface area contributed by atoms with Crippen LogP contribution in [-0.4, -0.2) is 9.97 Å². The molecule has 0 saturated heterocycles. The fourth-order valence-corrected chi connectivity index (χ4v) is 5.60. The van der Waals surface area contributed by atoms with Crippen molar-refractivity contribution < 1.29 is 0 Å². The molecule has 3 nitrogen and oxygen atoms in total. The number of hydrogen-bond acceptors (Lipinski definition) is 2. The number of hydrogen-bond donors (Lipinski definition) is 1. The molecule has 0 aliphatic rings. The van der Waals surface area contributed by atoms with Crippen LogP contribution in [0.15, 0.2) is 111 Å². The van der Waals surface area contributed by atoms with Crippen LogP contribution < -0.4 is 5.56 Å². The molecule has 2 aromatic heterocycles. The molecule has 0 radical (unpaired) electrons. The SMILES string of the molecule is O=c1[nH]c2ccc(Br)cc2c(-c2ccccc2)c1-c1cc(-c2ccccc2Cl)c2cc(Br)ccc2n1. The highest BCUT2D eigenvalue weighted by Gasteiger charge is 2.20. The lowest BCUT2D eigenvalue weighted by Crippen LogP contribution is -2.12. The molecule has 174 valence electrons. The molecule has 0 aliphatic carbocycles. The van der Waals surface area contributed by atoms with Crippen molar-refractivity contribution in [2.45, 2.75) is 0 Å². The average molecular weight is 617 g/mol. The van der Waals surface area contributed by atoms with Crippen LogP contribution in [0, 0.1) is 0 Å². The third-order valence-corrected chi connectivity index (χ3v) is 7.55. The molecule has 6 aromatic rings. The molecule has 0 aliphatic heterocycles. The van der Waals surface area contributed by atoms with Gasteiger partial charge in [0.1, 0.15) is 0 Å². The molecule has 0 spiro atoms. The van der Waals surface area contributed by atoms with E-state index in [9.17, 15) is 4.79 Å². The molecular weight excluding hydrogens is 600 g/mol. The van der Waals surface area contributed by atoms with Crippen molar-refractivity contribution in [3.63, 3.8) is 0 Å². The van der Waals surface area contributed by atoms with Gasteiger partial charge in [-0.1, -0.05) is 92.0 Å². The molecule has 0 saturated carbocycles. The number of halogens is 3. The maximum atomic E-state index is 13.7. The summed E-state index contributed by atoms with van der Waals surface area (Å²) in [6.45, 7) is 0. The lowest BCUT2D eigenvalue weighted by molar-refractivity contribution is 1.28. The number of aromatic amines is 1. The normalized spacial score (nSPS) is 11.3. The Morgan fingerprint density at radius 2 is 1.39 bits per heavy atom. The molecule has 6 rings (SSSR count). The summed E-state index contributed by atoms with van der Waals surface area (Å²) in [4.78, 5) is 21.7. The van der Waals surface area contributed by atoms with Crippen molar-refractivity contribution in [3.8, 4) is 33.5 Å². The lowest BCUT2D eigenvalue weighted by atomic mass is 9.92. The van der Waals surface area contributed by atoms with E-state index in [1.54, 1.807) is 0 Å². The van der Waals surface area contributed by atoms with E-state index >= 15 is 0 Å². The van der Waals surface area contributed by atoms with Crippen LogP contribution >= 0.6 is 43.5 Å². The third kappa shape index (κ3) is 4.07. The molecule has 0 unspecified atom stereocenters. The van der Waals surface area contributed by atoms with Crippen molar-refractivity contribution in [3.05, 3.63) is 121 Å². The molecule has 0 fully saturated rings. The van der Waals surface area contributed by atoms with Crippen LogP contribution in [0.4, 0.5) is 0 Å². The van der Waals surface area contributed by atoms with Gasteiger partial charge in [0.05, 0.1) is 16.8 Å². The van der Waals surface area contributed by atoms with E-state index < -0.39 is 0 Å². The van der Waals surface area contributed by atoms with Crippen LogP contribution in [0.1, 0.15) is 0 Å². The van der Waals surface area contributed by atoms with Crippen molar-refractivity contribution in [2.75, 3.05) is 0 Å². The Bertz CT molecular complexity index is 1850. The zero-order valence-corrected chi connectivity index (χ0v) is 22.7. The van der Waals surface area contributed by atoms with E-state index in [2.05, 4.69) is 36.8 Å². The van der Waals surface area contributed by atoms with E-state index in [4.69, 9.17) is 16.6 Å². The maximum Gasteiger partial charge on any atom is 0.258 e. The number of benzene rings is 4. The number of nitrogens with zero attached hydrogens (tertiary/aromatic N) is 1. The van der Waals surface area contributed by atoms with Crippen LogP contribution in [0.25, 0.3) is 55.3 Å². The first-order chi connectivity index (χ1) is 17.5. The van der Waals surface area contributed by atoms with Gasteiger partial charge in [-0.05, 0) is 59.7 Å². The van der Waals surface area contributed by atoms with Crippen molar-refractivity contribution in [1.29, 1.82) is 0 Å². The summed E-state index contributed by atoms with van der Waals surface area (Å²) in [5, 5.41) is 2.51. The smallest absolute Gasteiger partial charge is 0.258 e. The minimum Gasteiger partial charge on any atom is -0.321 e. The summed E-state index contributed by atoms with van der Waals surface area (Å²) in [6, 6.07) is 31.5. The predicted molar refractivity (Wildman–Crippen MR) is 157 cm³/mol. The Balaban J connectivity index is 1.76. The number of aromatic nitrogens is 2. The molecule has 2 heterocycles. The molecule has 6 heteroatoms. The van der Waals surface area contributed by atoms with E-state index in [0.29, 0.717) is 16.3 Å². The van der Waals surface area contributed by atoms with Gasteiger partial charge in [0.25, 0.3) is 5.56 Å². The van der Waals surface area contributed by atoms with E-state index in [1.165, 1.54) is 0 Å². The highest BCUT2D eigenvalue weighted by molar-refractivity contribution is 9.10. The van der Waals surface area contributed by atoms with Gasteiger partial charge in [0.15, 0.2) is 0 Å². The van der Waals surface area contributed by atoms with Gasteiger partial charge < -0.3 is 4.98 Å². The number of H-pyrrole nitrogens is 1. The van der Waals surface area contributed by atoms with Crippen molar-refractivity contribution in [2.24, 2.45) is 0 Å². The molecule has 0 amide bonds. The highest BCUT2D eigenvalue weighted by atomic mass is 79.9. The van der Waals surface area contributed by atoms with Crippen molar-refractivity contribution in [1.82, 2.24) is 9.97 Å². The second-order valence-electron chi connectivity index (χ2n) is 8.46. The first-order valence-electron chi connectivity index (χ1n) is 11.3. The Morgan fingerprint density at radius 3 is 2.17 bits per heavy atom. The number of rotatable bonds is 3. The quantitative estimate of drug-likeness (QED) is 0.215. The molecule has 36 heavy (non-hydrogen) atoms. The average Bonchev–Trinajstić information content (AvgIpc) is 2.88. The second kappa shape index (κ2) is 9.32. The summed E-state index contributed by atoms with van der Waals surface area (Å²) in [5.74, 6) is 0. The van der Waals surface area contributed by atoms with Crippen LogP contribution in [0.2, 0.25) is 5.02 Å². The maximum absolute atomic E-state index is 13.7. The molecule has 4 aromatic carbocycles. The van der Waals surface area contributed by atoms with Gasteiger partial charge >= 0.3 is 0 Å². The van der Waals surface area contributed by atoms with E-state index in [0.717, 1.165) is 53.0 Å². The third-order valence-electron chi connectivity index (χ3n) is 6.23.